The van der Waals surface area contributed by atoms with Gasteiger partial charge in [0.15, 0.2) is 0 Å². The Morgan fingerprint density at radius 1 is 1.19 bits per heavy atom. The first-order chi connectivity index (χ1) is 10.2. The van der Waals surface area contributed by atoms with Crippen molar-refractivity contribution in [2.75, 3.05) is 5.32 Å². The Morgan fingerprint density at radius 2 is 1.95 bits per heavy atom. The summed E-state index contributed by atoms with van der Waals surface area (Å²) in [6.45, 7) is 8.35. The van der Waals surface area contributed by atoms with E-state index in [1.165, 1.54) is 60.9 Å². The molecule has 1 N–H and O–H groups in total. The molecular weight excluding hydrogens is 256 g/mol. The van der Waals surface area contributed by atoms with Gasteiger partial charge in [-0.2, -0.15) is 0 Å². The van der Waals surface area contributed by atoms with E-state index in [2.05, 4.69) is 35.9 Å². The van der Waals surface area contributed by atoms with E-state index in [0.717, 1.165) is 23.9 Å². The van der Waals surface area contributed by atoms with E-state index in [9.17, 15) is 0 Å². The normalized spacial score (nSPS) is 19.0. The van der Waals surface area contributed by atoms with Gasteiger partial charge in [-0.15, -0.1) is 0 Å². The van der Waals surface area contributed by atoms with Gasteiger partial charge in [0.25, 0.3) is 0 Å². The smallest absolute Gasteiger partial charge is 0.103 e. The molecule has 21 heavy (non-hydrogen) atoms. The molecule has 0 aromatic heterocycles. The second-order valence-corrected chi connectivity index (χ2v) is 6.50. The van der Waals surface area contributed by atoms with E-state index in [4.69, 9.17) is 0 Å². The van der Waals surface area contributed by atoms with Gasteiger partial charge in [0.05, 0.1) is 5.70 Å². The molecule has 1 fully saturated rings. The highest BCUT2D eigenvalue weighted by molar-refractivity contribution is 6.03. The fourth-order valence-electron chi connectivity index (χ4n) is 3.74. The summed E-state index contributed by atoms with van der Waals surface area (Å²) in [6, 6.07) is 4.66. The second kappa shape index (κ2) is 6.05. The van der Waals surface area contributed by atoms with Gasteiger partial charge in [-0.25, -0.2) is 4.99 Å². The third kappa shape index (κ3) is 3.04. The molecule has 0 bridgehead atoms. The van der Waals surface area contributed by atoms with Gasteiger partial charge >= 0.3 is 0 Å². The number of anilines is 1. The molecule has 1 heterocycles. The minimum absolute atomic E-state index is 0.878. The van der Waals surface area contributed by atoms with E-state index < -0.39 is 0 Å². The molecule has 0 unspecified atom stereocenters. The van der Waals surface area contributed by atoms with Crippen LogP contribution in [0.25, 0.3) is 5.70 Å². The molecule has 112 valence electrons. The third-order valence-electron chi connectivity index (χ3n) is 4.88. The average Bonchev–Trinajstić information content (AvgIpc) is 2.47. The van der Waals surface area contributed by atoms with Crippen LogP contribution in [0.5, 0.6) is 0 Å². The maximum absolute atomic E-state index is 4.46. The molecule has 0 spiro atoms. The monoisotopic (exact) mass is 282 g/mol. The average molecular weight is 282 g/mol. The van der Waals surface area contributed by atoms with Gasteiger partial charge in [-0.3, -0.25) is 0 Å². The van der Waals surface area contributed by atoms with E-state index in [1.807, 2.05) is 6.92 Å². The Balaban J connectivity index is 1.90. The van der Waals surface area contributed by atoms with Crippen molar-refractivity contribution in [3.05, 3.63) is 35.4 Å². The van der Waals surface area contributed by atoms with Crippen LogP contribution in [0, 0.1) is 5.92 Å². The first-order valence-corrected chi connectivity index (χ1v) is 8.34. The number of nitrogens with zero attached hydrogens (tertiary/aromatic N) is 1. The first kappa shape index (κ1) is 14.4. The van der Waals surface area contributed by atoms with Crippen LogP contribution in [0.15, 0.2) is 23.7 Å². The minimum Gasteiger partial charge on any atom is -0.343 e. The largest absolute Gasteiger partial charge is 0.343 e. The van der Waals surface area contributed by atoms with Crippen LogP contribution in [-0.2, 0) is 12.8 Å². The lowest BCUT2D eigenvalue weighted by atomic mass is 9.83. The number of hydrogen-bond donors (Lipinski definition) is 1. The van der Waals surface area contributed by atoms with Crippen molar-refractivity contribution in [3.63, 3.8) is 0 Å². The predicted molar refractivity (Wildman–Crippen MR) is 91.9 cm³/mol. The summed E-state index contributed by atoms with van der Waals surface area (Å²) in [7, 11) is 0. The van der Waals surface area contributed by atoms with Gasteiger partial charge in [-0.1, -0.05) is 45.6 Å². The van der Waals surface area contributed by atoms with E-state index >= 15 is 0 Å². The molecule has 1 aromatic carbocycles. The molecule has 1 aliphatic heterocycles. The summed E-state index contributed by atoms with van der Waals surface area (Å²) in [5.41, 5.74) is 6.25. The standard InChI is InChI=1S/C19H26N2/c1-4-16-11-18-13(2)20-14(3)21-19(18)12-17(16)10-15-8-6-5-7-9-15/h11-12,15H,2,4-10H2,1,3H3,(H,20,21). The molecule has 1 aromatic rings. The summed E-state index contributed by atoms with van der Waals surface area (Å²) >= 11 is 0. The van der Waals surface area contributed by atoms with Crippen molar-refractivity contribution in [1.82, 2.24) is 0 Å². The van der Waals surface area contributed by atoms with Gasteiger partial charge < -0.3 is 5.32 Å². The van der Waals surface area contributed by atoms with Gasteiger partial charge in [0.1, 0.15) is 5.84 Å². The fourth-order valence-corrected chi connectivity index (χ4v) is 3.74. The molecule has 3 rings (SSSR count). The molecule has 1 aliphatic carbocycles. The second-order valence-electron chi connectivity index (χ2n) is 6.50. The molecule has 2 nitrogen and oxygen atoms in total. The van der Waals surface area contributed by atoms with Crippen molar-refractivity contribution < 1.29 is 0 Å². The first-order valence-electron chi connectivity index (χ1n) is 8.34. The van der Waals surface area contributed by atoms with Crippen molar-refractivity contribution >= 4 is 17.2 Å². The number of amidine groups is 1. The zero-order chi connectivity index (χ0) is 14.8. The minimum atomic E-state index is 0.878. The summed E-state index contributed by atoms with van der Waals surface area (Å²) in [6.07, 6.45) is 9.39. The van der Waals surface area contributed by atoms with E-state index in [-0.39, 0.29) is 0 Å². The Labute approximate surface area is 128 Å². The molecule has 0 amide bonds. The number of nitrogens with one attached hydrogen (secondary N) is 1. The van der Waals surface area contributed by atoms with Crippen LogP contribution in [-0.4, -0.2) is 5.84 Å². The molecule has 2 aliphatic rings. The van der Waals surface area contributed by atoms with Crippen LogP contribution < -0.4 is 5.32 Å². The van der Waals surface area contributed by atoms with Gasteiger partial charge in [0.2, 0.25) is 0 Å². The Hall–Kier alpha value is -1.57. The Bertz CT molecular complexity index is 577. The molecule has 0 atom stereocenters. The number of hydrogen-bond acceptors (Lipinski definition) is 2. The lowest BCUT2D eigenvalue weighted by molar-refractivity contribution is 0.356. The Kier molecular flexibility index (Phi) is 4.14. The third-order valence-corrected chi connectivity index (χ3v) is 4.88. The highest BCUT2D eigenvalue weighted by Gasteiger charge is 2.19. The maximum atomic E-state index is 4.46. The van der Waals surface area contributed by atoms with Crippen molar-refractivity contribution in [3.8, 4) is 0 Å². The number of aliphatic imine (C=N–C) groups is 1. The topological polar surface area (TPSA) is 24.4 Å². The lowest BCUT2D eigenvalue weighted by Crippen LogP contribution is -2.16. The Morgan fingerprint density at radius 3 is 2.67 bits per heavy atom. The zero-order valence-corrected chi connectivity index (χ0v) is 13.3. The lowest BCUT2D eigenvalue weighted by Gasteiger charge is -2.25. The van der Waals surface area contributed by atoms with Crippen LogP contribution in [0.3, 0.4) is 0 Å². The molecular formula is C19H26N2. The fraction of sp³-hybridized carbons (Fsp3) is 0.526. The highest BCUT2D eigenvalue weighted by atomic mass is 15.0. The van der Waals surface area contributed by atoms with Gasteiger partial charge in [0, 0.05) is 11.3 Å². The quantitative estimate of drug-likeness (QED) is 0.811. The van der Waals surface area contributed by atoms with Crippen LogP contribution >= 0.6 is 0 Å². The van der Waals surface area contributed by atoms with Gasteiger partial charge in [-0.05, 0) is 48.9 Å². The summed E-state index contributed by atoms with van der Waals surface area (Å²) in [4.78, 5) is 4.46. The van der Waals surface area contributed by atoms with Crippen LogP contribution in [0.4, 0.5) is 5.69 Å². The van der Waals surface area contributed by atoms with E-state index in [1.54, 1.807) is 0 Å². The number of rotatable bonds is 3. The zero-order valence-electron chi connectivity index (χ0n) is 13.3. The summed E-state index contributed by atoms with van der Waals surface area (Å²) in [5.74, 6) is 1.82. The number of fused-ring (bicyclic) bond motifs is 1. The van der Waals surface area contributed by atoms with Crippen LogP contribution in [0.1, 0.15) is 62.6 Å². The highest BCUT2D eigenvalue weighted by Crippen LogP contribution is 2.34. The summed E-state index contributed by atoms with van der Waals surface area (Å²) < 4.78 is 0. The van der Waals surface area contributed by atoms with Crippen molar-refractivity contribution in [2.24, 2.45) is 10.9 Å². The SMILES string of the molecule is C=C1N=C(C)Nc2cc(CC3CCCCC3)c(CC)cc21. The van der Waals surface area contributed by atoms with Crippen molar-refractivity contribution in [1.29, 1.82) is 0 Å². The molecule has 2 heteroatoms. The van der Waals surface area contributed by atoms with Crippen molar-refractivity contribution in [2.45, 2.75) is 58.8 Å². The molecule has 1 saturated carbocycles. The molecule has 0 radical (unpaired) electrons. The molecule has 0 saturated heterocycles. The number of aryl methyl sites for hydroxylation is 1. The maximum Gasteiger partial charge on any atom is 0.103 e. The van der Waals surface area contributed by atoms with E-state index in [0.29, 0.717) is 0 Å². The number of benzene rings is 1. The summed E-state index contributed by atoms with van der Waals surface area (Å²) in [5, 5.41) is 3.41. The predicted octanol–water partition coefficient (Wildman–Crippen LogP) is 5.19. The van der Waals surface area contributed by atoms with Crippen LogP contribution in [0.2, 0.25) is 0 Å².